The monoisotopic (exact) mass is 567 g/mol. The Kier molecular flexibility index (Phi) is 6.41. The van der Waals surface area contributed by atoms with E-state index < -0.39 is 47.3 Å². The molecule has 0 amide bonds. The molecular formula is C35H37NO6. The number of hydrogen-bond donors (Lipinski definition) is 2. The number of rotatable bonds is 5. The summed E-state index contributed by atoms with van der Waals surface area (Å²) in [5.74, 6) is -0.289. The van der Waals surface area contributed by atoms with Crippen LogP contribution in [0.2, 0.25) is 0 Å². The summed E-state index contributed by atoms with van der Waals surface area (Å²) < 4.78 is 13.2. The molecular weight excluding hydrogens is 530 g/mol. The smallest absolute Gasteiger partial charge is 0.193 e. The highest BCUT2D eigenvalue weighted by atomic mass is 16.7. The second-order valence-corrected chi connectivity index (χ2v) is 13.4. The first-order valence-electron chi connectivity index (χ1n) is 15.1. The van der Waals surface area contributed by atoms with E-state index in [0.29, 0.717) is 19.3 Å². The van der Waals surface area contributed by atoms with Crippen molar-refractivity contribution < 1.29 is 29.3 Å². The van der Waals surface area contributed by atoms with Crippen molar-refractivity contribution in [3.8, 4) is 0 Å². The quantitative estimate of drug-likeness (QED) is 0.547. The molecule has 2 N–H and O–H groups in total. The van der Waals surface area contributed by atoms with Gasteiger partial charge in [0.15, 0.2) is 23.5 Å². The predicted molar refractivity (Wildman–Crippen MR) is 154 cm³/mol. The summed E-state index contributed by atoms with van der Waals surface area (Å²) >= 11 is 0. The summed E-state index contributed by atoms with van der Waals surface area (Å²) in [5.41, 5.74) is 11.5. The molecule has 1 aliphatic heterocycles. The molecule has 1 heterocycles. The van der Waals surface area contributed by atoms with Gasteiger partial charge in [-0.05, 0) is 79.4 Å². The normalized spacial score (nSPS) is 40.1. The molecule has 0 bridgehead atoms. The van der Waals surface area contributed by atoms with E-state index in [2.05, 4.69) is 6.92 Å². The van der Waals surface area contributed by atoms with Crippen LogP contribution in [0.15, 0.2) is 72.3 Å². The van der Waals surface area contributed by atoms with Crippen LogP contribution in [0.1, 0.15) is 62.5 Å². The molecule has 5 aliphatic rings. The number of fused-ring (bicyclic) bond motifs is 7. The number of ether oxygens (including phenoxy) is 2. The Bertz CT molecular complexity index is 1500. The van der Waals surface area contributed by atoms with Gasteiger partial charge in [-0.1, -0.05) is 61.9 Å². The van der Waals surface area contributed by atoms with Gasteiger partial charge in [-0.3, -0.25) is 9.59 Å². The number of aliphatic hydroxyl groups excluding tert-OH is 2. The molecule has 2 aromatic carbocycles. The summed E-state index contributed by atoms with van der Waals surface area (Å²) in [5, 5.41) is 22.0. The van der Waals surface area contributed by atoms with E-state index >= 15 is 0 Å². The van der Waals surface area contributed by atoms with Crippen LogP contribution in [0.3, 0.4) is 0 Å². The molecule has 4 fully saturated rings. The van der Waals surface area contributed by atoms with Gasteiger partial charge >= 0.3 is 0 Å². The van der Waals surface area contributed by atoms with Crippen molar-refractivity contribution in [2.45, 2.75) is 70.1 Å². The minimum Gasteiger partial charge on any atom is -0.393 e. The number of hydrogen-bond acceptors (Lipinski definition) is 6. The first-order valence-corrected chi connectivity index (χ1v) is 15.1. The van der Waals surface area contributed by atoms with E-state index in [9.17, 15) is 25.5 Å². The Morgan fingerprint density at radius 1 is 1.12 bits per heavy atom. The SMILES string of the molecule is C[C@]12C=CC(=O)C=C1CC[C@@H]1[C@@H]2[C@@H](O)C[C@@]2(C)[C@H]1C[C@H]1O[C@@H](c3ccc(Cc4cccc([N])c4)cc3)O[C@]12C(=O)CO. The van der Waals surface area contributed by atoms with E-state index in [1.54, 1.807) is 24.3 Å². The molecule has 0 unspecified atom stereocenters. The molecule has 2 radical (unpaired) electrons. The molecule has 42 heavy (non-hydrogen) atoms. The number of aliphatic hydroxyl groups is 2. The summed E-state index contributed by atoms with van der Waals surface area (Å²) in [7, 11) is 0. The Balaban J connectivity index is 1.18. The minimum absolute atomic E-state index is 0.000746. The Hall–Kier alpha value is -3.10. The highest BCUT2D eigenvalue weighted by molar-refractivity contribution is 6.01. The summed E-state index contributed by atoms with van der Waals surface area (Å²) in [4.78, 5) is 25.9. The third kappa shape index (κ3) is 3.87. The van der Waals surface area contributed by atoms with E-state index in [0.717, 1.165) is 35.1 Å². The van der Waals surface area contributed by atoms with Gasteiger partial charge in [0.05, 0.1) is 17.9 Å². The number of allylic oxidation sites excluding steroid dienone is 4. The van der Waals surface area contributed by atoms with Gasteiger partial charge in [-0.2, -0.15) is 5.73 Å². The Morgan fingerprint density at radius 3 is 2.64 bits per heavy atom. The van der Waals surface area contributed by atoms with Crippen molar-refractivity contribution in [1.82, 2.24) is 5.73 Å². The largest absolute Gasteiger partial charge is 0.393 e. The lowest BCUT2D eigenvalue weighted by Crippen LogP contribution is -2.63. The van der Waals surface area contributed by atoms with Gasteiger partial charge in [0.1, 0.15) is 6.61 Å². The molecule has 4 aliphatic carbocycles. The molecule has 0 spiro atoms. The molecule has 2 aromatic rings. The third-order valence-electron chi connectivity index (χ3n) is 11.4. The molecule has 218 valence electrons. The molecule has 0 aromatic heterocycles. The average Bonchev–Trinajstić information content (AvgIpc) is 3.46. The first kappa shape index (κ1) is 27.7. The lowest BCUT2D eigenvalue weighted by molar-refractivity contribution is -0.201. The third-order valence-corrected chi connectivity index (χ3v) is 11.4. The zero-order valence-electron chi connectivity index (χ0n) is 24.0. The number of ketones is 2. The van der Waals surface area contributed by atoms with Crippen LogP contribution >= 0.6 is 0 Å². The van der Waals surface area contributed by atoms with Gasteiger partial charge in [-0.25, -0.2) is 0 Å². The zero-order chi connectivity index (χ0) is 29.4. The predicted octanol–water partition coefficient (Wildman–Crippen LogP) is 4.58. The van der Waals surface area contributed by atoms with Crippen LogP contribution in [0, 0.1) is 28.6 Å². The minimum atomic E-state index is -1.36. The van der Waals surface area contributed by atoms with Crippen molar-refractivity contribution in [3.63, 3.8) is 0 Å². The number of carbonyl (C=O) groups excluding carboxylic acids is 2. The van der Waals surface area contributed by atoms with E-state index in [1.807, 2.05) is 49.4 Å². The first-order chi connectivity index (χ1) is 20.1. The Labute approximate surface area is 246 Å². The van der Waals surface area contributed by atoms with Gasteiger partial charge in [0.2, 0.25) is 0 Å². The molecule has 9 atom stereocenters. The fraction of sp³-hybridized carbons (Fsp3) is 0.486. The van der Waals surface area contributed by atoms with E-state index in [-0.39, 0.29) is 29.2 Å². The summed E-state index contributed by atoms with van der Waals surface area (Å²) in [6.07, 6.45) is 6.56. The van der Waals surface area contributed by atoms with Crippen LogP contribution in [0.4, 0.5) is 5.69 Å². The maximum absolute atomic E-state index is 13.7. The fourth-order valence-corrected chi connectivity index (χ4v) is 9.53. The van der Waals surface area contributed by atoms with Gasteiger partial charge in [0, 0.05) is 22.3 Å². The molecule has 3 saturated carbocycles. The average molecular weight is 568 g/mol. The van der Waals surface area contributed by atoms with Crippen LogP contribution in [0.5, 0.6) is 0 Å². The number of nitrogens with zero attached hydrogens (tertiary/aromatic N) is 1. The topological polar surface area (TPSA) is 115 Å². The summed E-state index contributed by atoms with van der Waals surface area (Å²) in [6, 6.07) is 15.1. The fourth-order valence-electron chi connectivity index (χ4n) is 9.53. The molecule has 1 saturated heterocycles. The second-order valence-electron chi connectivity index (χ2n) is 13.4. The second kappa shape index (κ2) is 9.71. The van der Waals surface area contributed by atoms with Crippen LogP contribution < -0.4 is 5.73 Å². The van der Waals surface area contributed by atoms with Crippen molar-refractivity contribution in [3.05, 3.63) is 89.0 Å². The van der Waals surface area contributed by atoms with Crippen molar-refractivity contribution in [1.29, 1.82) is 0 Å². The number of benzene rings is 2. The number of carbonyl (C=O) groups is 2. The standard InChI is InChI=1S/C35H37NO6/c1-33-13-12-25(38)16-23(33)10-11-26-27-17-30-35(29(40)19-37,34(27,2)18-28(39)31(26)33)42-32(41-30)22-8-6-20(7-9-22)14-21-4-3-5-24(36)15-21/h3-9,12-13,15-16,26-28,30-32,37,39H,10-11,14,17-19H2,1-2H3/t26-,27-,28-,30+,31+,32+,33-,34-,35+/m0/s1. The van der Waals surface area contributed by atoms with Crippen LogP contribution in [0.25, 0.3) is 0 Å². The van der Waals surface area contributed by atoms with Gasteiger partial charge < -0.3 is 19.7 Å². The van der Waals surface area contributed by atoms with Crippen molar-refractivity contribution >= 4 is 17.3 Å². The van der Waals surface area contributed by atoms with Gasteiger partial charge in [-0.15, -0.1) is 0 Å². The lowest BCUT2D eigenvalue weighted by atomic mass is 9.46. The van der Waals surface area contributed by atoms with E-state index in [1.165, 1.54) is 0 Å². The van der Waals surface area contributed by atoms with Gasteiger partial charge in [0.25, 0.3) is 0 Å². The van der Waals surface area contributed by atoms with E-state index in [4.69, 9.17) is 9.47 Å². The molecule has 7 nitrogen and oxygen atoms in total. The lowest BCUT2D eigenvalue weighted by Gasteiger charge is -2.59. The van der Waals surface area contributed by atoms with Crippen LogP contribution in [-0.2, 0) is 25.5 Å². The van der Waals surface area contributed by atoms with Crippen LogP contribution in [-0.4, -0.2) is 46.2 Å². The number of Topliss-reactive ketones (excluding diaryl/α,β-unsaturated/α-hetero) is 1. The molecule has 7 heteroatoms. The maximum Gasteiger partial charge on any atom is 0.193 e. The molecule has 7 rings (SSSR count). The summed E-state index contributed by atoms with van der Waals surface area (Å²) in [6.45, 7) is 3.52. The van der Waals surface area contributed by atoms with Crippen molar-refractivity contribution in [2.24, 2.45) is 28.6 Å². The maximum atomic E-state index is 13.7. The zero-order valence-corrected chi connectivity index (χ0v) is 24.0. The highest BCUT2D eigenvalue weighted by Crippen LogP contribution is 2.70. The highest BCUT2D eigenvalue weighted by Gasteiger charge is 2.75. The van der Waals surface area contributed by atoms with Crippen molar-refractivity contribution in [2.75, 3.05) is 6.61 Å². The Morgan fingerprint density at radius 2 is 1.90 bits per heavy atom.